The highest BCUT2D eigenvalue weighted by Gasteiger charge is 2.31. The molecule has 10 nitrogen and oxygen atoms in total. The van der Waals surface area contributed by atoms with Crippen molar-refractivity contribution in [2.24, 2.45) is 7.05 Å². The van der Waals surface area contributed by atoms with E-state index in [0.29, 0.717) is 43.1 Å². The molecule has 0 unspecified atom stereocenters. The molecule has 2 saturated heterocycles. The lowest BCUT2D eigenvalue weighted by molar-refractivity contribution is -0.120. The number of imide groups is 1. The van der Waals surface area contributed by atoms with Crippen molar-refractivity contribution in [2.45, 2.75) is 32.8 Å². The molecule has 2 fully saturated rings. The van der Waals surface area contributed by atoms with Gasteiger partial charge in [-0.05, 0) is 32.9 Å². The SMILES string of the molecule is Cn1nc(N2CCC(=O)NC2=O)c2ccc(N3CCN(C(=O)OC(C)(C)C)CC3)c(F)c21. The van der Waals surface area contributed by atoms with E-state index in [1.54, 1.807) is 24.1 Å². The van der Waals surface area contributed by atoms with Crippen LogP contribution in [-0.2, 0) is 16.6 Å². The number of nitrogens with zero attached hydrogens (tertiary/aromatic N) is 5. The molecule has 0 bridgehead atoms. The Morgan fingerprint density at radius 3 is 2.44 bits per heavy atom. The monoisotopic (exact) mass is 446 g/mol. The average molecular weight is 446 g/mol. The van der Waals surface area contributed by atoms with Gasteiger partial charge in [0.2, 0.25) is 5.91 Å². The number of halogens is 1. The van der Waals surface area contributed by atoms with Gasteiger partial charge in [0.25, 0.3) is 0 Å². The molecule has 4 rings (SSSR count). The zero-order valence-corrected chi connectivity index (χ0v) is 18.6. The predicted octanol–water partition coefficient (Wildman–Crippen LogP) is 2.22. The van der Waals surface area contributed by atoms with Crippen molar-refractivity contribution in [3.05, 3.63) is 17.9 Å². The summed E-state index contributed by atoms with van der Waals surface area (Å²) in [5, 5.41) is 7.10. The summed E-state index contributed by atoms with van der Waals surface area (Å²) in [7, 11) is 1.62. The molecule has 0 saturated carbocycles. The van der Waals surface area contributed by atoms with E-state index in [-0.39, 0.29) is 30.5 Å². The molecule has 2 aliphatic heterocycles. The van der Waals surface area contributed by atoms with Crippen LogP contribution in [0.25, 0.3) is 10.9 Å². The second-order valence-corrected chi connectivity index (χ2v) is 8.95. The highest BCUT2D eigenvalue weighted by atomic mass is 19.1. The number of urea groups is 1. The van der Waals surface area contributed by atoms with Crippen LogP contribution in [0.1, 0.15) is 27.2 Å². The Bertz CT molecular complexity index is 1080. The van der Waals surface area contributed by atoms with E-state index in [9.17, 15) is 14.4 Å². The van der Waals surface area contributed by atoms with Crippen LogP contribution in [0.4, 0.5) is 25.5 Å². The van der Waals surface area contributed by atoms with Crippen LogP contribution in [-0.4, -0.2) is 71.0 Å². The van der Waals surface area contributed by atoms with Gasteiger partial charge < -0.3 is 14.5 Å². The number of hydrogen-bond donors (Lipinski definition) is 1. The van der Waals surface area contributed by atoms with Crippen molar-refractivity contribution < 1.29 is 23.5 Å². The molecule has 4 amide bonds. The number of piperazine rings is 1. The number of amides is 4. The van der Waals surface area contributed by atoms with Gasteiger partial charge in [0, 0.05) is 51.6 Å². The maximum absolute atomic E-state index is 15.6. The number of aromatic nitrogens is 2. The lowest BCUT2D eigenvalue weighted by Gasteiger charge is -2.36. The number of carbonyl (C=O) groups is 3. The first-order valence-corrected chi connectivity index (χ1v) is 10.5. The second-order valence-electron chi connectivity index (χ2n) is 8.95. The minimum absolute atomic E-state index is 0.159. The number of carbonyl (C=O) groups excluding carboxylic acids is 3. The molecule has 0 spiro atoms. The number of hydrogen-bond acceptors (Lipinski definition) is 6. The molecule has 0 aliphatic carbocycles. The summed E-state index contributed by atoms with van der Waals surface area (Å²) in [5.41, 5.74) is 0.118. The minimum Gasteiger partial charge on any atom is -0.444 e. The van der Waals surface area contributed by atoms with Crippen molar-refractivity contribution in [1.29, 1.82) is 0 Å². The summed E-state index contributed by atoms with van der Waals surface area (Å²) in [6.45, 7) is 7.41. The molecule has 32 heavy (non-hydrogen) atoms. The molecule has 172 valence electrons. The fourth-order valence-electron chi connectivity index (χ4n) is 3.96. The van der Waals surface area contributed by atoms with E-state index in [0.717, 1.165) is 0 Å². The van der Waals surface area contributed by atoms with Crippen LogP contribution in [0.15, 0.2) is 12.1 Å². The predicted molar refractivity (Wildman–Crippen MR) is 116 cm³/mol. The molecule has 1 aromatic heterocycles. The third kappa shape index (κ3) is 4.06. The lowest BCUT2D eigenvalue weighted by Crippen LogP contribution is -2.50. The van der Waals surface area contributed by atoms with Crippen LogP contribution >= 0.6 is 0 Å². The normalized spacial score (nSPS) is 17.7. The average Bonchev–Trinajstić information content (AvgIpc) is 3.04. The quantitative estimate of drug-likeness (QED) is 0.759. The van der Waals surface area contributed by atoms with Crippen molar-refractivity contribution in [2.75, 3.05) is 42.5 Å². The van der Waals surface area contributed by atoms with Gasteiger partial charge >= 0.3 is 12.1 Å². The van der Waals surface area contributed by atoms with Gasteiger partial charge in [0.05, 0.1) is 5.69 Å². The molecule has 11 heteroatoms. The maximum Gasteiger partial charge on any atom is 0.410 e. The van der Waals surface area contributed by atoms with Gasteiger partial charge in [-0.15, -0.1) is 0 Å². The fourth-order valence-corrected chi connectivity index (χ4v) is 3.96. The van der Waals surface area contributed by atoms with Crippen molar-refractivity contribution in [3.63, 3.8) is 0 Å². The zero-order valence-electron chi connectivity index (χ0n) is 18.6. The first kappa shape index (κ1) is 21.8. The first-order chi connectivity index (χ1) is 15.0. The van der Waals surface area contributed by atoms with Gasteiger partial charge in [-0.3, -0.25) is 19.7 Å². The van der Waals surface area contributed by atoms with Gasteiger partial charge in [-0.25, -0.2) is 14.0 Å². The number of ether oxygens (including phenoxy) is 1. The molecule has 2 aliphatic rings. The molecule has 3 heterocycles. The van der Waals surface area contributed by atoms with Crippen molar-refractivity contribution in [3.8, 4) is 0 Å². The van der Waals surface area contributed by atoms with Crippen molar-refractivity contribution in [1.82, 2.24) is 20.0 Å². The summed E-state index contributed by atoms with van der Waals surface area (Å²) < 4.78 is 22.4. The Morgan fingerprint density at radius 1 is 1.12 bits per heavy atom. The van der Waals surface area contributed by atoms with Gasteiger partial charge in [0.15, 0.2) is 11.6 Å². The Hall–Kier alpha value is -3.37. The summed E-state index contributed by atoms with van der Waals surface area (Å²) in [4.78, 5) is 40.8. The molecule has 1 N–H and O–H groups in total. The number of anilines is 2. The lowest BCUT2D eigenvalue weighted by atomic mass is 10.1. The molecule has 1 aromatic carbocycles. The number of nitrogens with one attached hydrogen (secondary N) is 1. The Balaban J connectivity index is 1.55. The number of rotatable bonds is 2. The fraction of sp³-hybridized carbons (Fsp3) is 0.524. The third-order valence-electron chi connectivity index (χ3n) is 5.49. The second kappa shape index (κ2) is 7.95. The smallest absolute Gasteiger partial charge is 0.410 e. The minimum atomic E-state index is -0.568. The van der Waals surface area contributed by atoms with E-state index in [2.05, 4.69) is 10.4 Å². The number of fused-ring (bicyclic) bond motifs is 1. The molecule has 0 radical (unpaired) electrons. The third-order valence-corrected chi connectivity index (χ3v) is 5.49. The van der Waals surface area contributed by atoms with Crippen LogP contribution in [0, 0.1) is 5.82 Å². The Morgan fingerprint density at radius 2 is 1.81 bits per heavy atom. The molecular weight excluding hydrogens is 419 g/mol. The van der Waals surface area contributed by atoms with E-state index in [1.165, 1.54) is 9.58 Å². The van der Waals surface area contributed by atoms with Crippen LogP contribution in [0.3, 0.4) is 0 Å². The van der Waals surface area contributed by atoms with Crippen molar-refractivity contribution >= 4 is 40.4 Å². The van der Waals surface area contributed by atoms with E-state index < -0.39 is 17.4 Å². The van der Waals surface area contributed by atoms with E-state index in [1.807, 2.05) is 25.7 Å². The molecular formula is C21H27FN6O4. The van der Waals surface area contributed by atoms with Crippen LogP contribution < -0.4 is 15.1 Å². The zero-order chi connectivity index (χ0) is 23.2. The summed E-state index contributed by atoms with van der Waals surface area (Å²) >= 11 is 0. The van der Waals surface area contributed by atoms with Crippen LogP contribution in [0.2, 0.25) is 0 Å². The molecule has 2 aromatic rings. The number of benzene rings is 1. The maximum atomic E-state index is 15.6. The Labute approximate surface area is 184 Å². The van der Waals surface area contributed by atoms with Gasteiger partial charge in [0.1, 0.15) is 11.1 Å². The first-order valence-electron chi connectivity index (χ1n) is 10.5. The summed E-state index contributed by atoms with van der Waals surface area (Å²) in [6.07, 6.45) is -0.214. The summed E-state index contributed by atoms with van der Waals surface area (Å²) in [5.74, 6) is -0.471. The highest BCUT2D eigenvalue weighted by Crippen LogP contribution is 2.34. The molecule has 0 atom stereocenters. The van der Waals surface area contributed by atoms with Crippen LogP contribution in [0.5, 0.6) is 0 Å². The standard InChI is InChI=1S/C21H27FN6O4/c1-21(2,3)32-20(31)27-11-9-26(10-12-27)14-6-5-13-17(16(14)22)25(4)24-18(13)28-8-7-15(29)23-19(28)30/h5-6H,7-12H2,1-4H3,(H,23,29,30). The largest absolute Gasteiger partial charge is 0.444 e. The summed E-state index contributed by atoms with van der Waals surface area (Å²) in [6, 6.07) is 2.84. The Kier molecular flexibility index (Phi) is 5.43. The van der Waals surface area contributed by atoms with Gasteiger partial charge in [-0.2, -0.15) is 5.10 Å². The van der Waals surface area contributed by atoms with Gasteiger partial charge in [-0.1, -0.05) is 0 Å². The topological polar surface area (TPSA) is 100 Å². The number of aryl methyl sites for hydroxylation is 1. The van der Waals surface area contributed by atoms with E-state index >= 15 is 4.39 Å². The van der Waals surface area contributed by atoms with E-state index in [4.69, 9.17) is 4.74 Å². The highest BCUT2D eigenvalue weighted by molar-refractivity contribution is 6.09.